The molecule has 5 nitrogen and oxygen atoms in total. The number of anilines is 1. The molecular formula is C11H8N4OS2. The number of carbonyl (C=O) groups is 1. The maximum Gasteiger partial charge on any atom is 0.269 e. The Bertz CT molecular complexity index is 718. The number of carbonyl (C=O) groups excluding carboxylic acids is 1. The Balaban J connectivity index is 1.88. The van der Waals surface area contributed by atoms with E-state index in [9.17, 15) is 4.79 Å². The van der Waals surface area contributed by atoms with Gasteiger partial charge in [0.15, 0.2) is 0 Å². The van der Waals surface area contributed by atoms with Gasteiger partial charge in [0.2, 0.25) is 0 Å². The lowest BCUT2D eigenvalue weighted by Crippen LogP contribution is -2.11. The maximum absolute atomic E-state index is 12.0. The fourth-order valence-corrected chi connectivity index (χ4v) is 2.77. The maximum atomic E-state index is 12.0. The first kappa shape index (κ1) is 11.2. The molecule has 3 aromatic rings. The van der Waals surface area contributed by atoms with E-state index in [2.05, 4.69) is 19.9 Å². The van der Waals surface area contributed by atoms with Crippen LogP contribution in [0.1, 0.15) is 15.4 Å². The predicted octanol–water partition coefficient (Wildman–Crippen LogP) is 2.71. The molecule has 7 heteroatoms. The van der Waals surface area contributed by atoms with Crippen molar-refractivity contribution in [2.45, 2.75) is 6.92 Å². The second-order valence-corrected chi connectivity index (χ2v) is 5.32. The number of nitrogens with one attached hydrogen (secondary N) is 1. The summed E-state index contributed by atoms with van der Waals surface area (Å²) in [5.41, 5.74) is 4.04. The molecule has 0 saturated carbocycles. The van der Waals surface area contributed by atoms with Gasteiger partial charge in [-0.15, -0.1) is 16.4 Å². The van der Waals surface area contributed by atoms with Gasteiger partial charge < -0.3 is 5.32 Å². The molecule has 3 rings (SSSR count). The van der Waals surface area contributed by atoms with Crippen molar-refractivity contribution in [1.82, 2.24) is 14.6 Å². The number of hydrogen-bond acceptors (Lipinski definition) is 6. The first-order valence-corrected chi connectivity index (χ1v) is 6.83. The van der Waals surface area contributed by atoms with E-state index >= 15 is 0 Å². The lowest BCUT2D eigenvalue weighted by Gasteiger charge is -2.03. The summed E-state index contributed by atoms with van der Waals surface area (Å²) in [7, 11) is 0. The number of benzene rings is 1. The number of rotatable bonds is 2. The molecule has 0 saturated heterocycles. The Kier molecular flexibility index (Phi) is 2.77. The summed E-state index contributed by atoms with van der Waals surface area (Å²) < 4.78 is 4.85. The zero-order valence-corrected chi connectivity index (χ0v) is 11.0. The smallest absolute Gasteiger partial charge is 0.269 e. The molecule has 0 aliphatic carbocycles. The highest BCUT2D eigenvalue weighted by molar-refractivity contribution is 7.16. The number of thiazole rings is 1. The van der Waals surface area contributed by atoms with Gasteiger partial charge >= 0.3 is 0 Å². The van der Waals surface area contributed by atoms with Crippen LogP contribution in [0.15, 0.2) is 23.7 Å². The second kappa shape index (κ2) is 4.43. The molecular weight excluding hydrogens is 268 g/mol. The minimum Gasteiger partial charge on any atom is -0.321 e. The molecule has 0 spiro atoms. The van der Waals surface area contributed by atoms with Crippen LogP contribution in [0.2, 0.25) is 0 Å². The number of nitrogens with zero attached hydrogens (tertiary/aromatic N) is 3. The Morgan fingerprint density at radius 3 is 3.06 bits per heavy atom. The van der Waals surface area contributed by atoms with E-state index in [1.54, 1.807) is 23.8 Å². The summed E-state index contributed by atoms with van der Waals surface area (Å²) >= 11 is 2.67. The largest absolute Gasteiger partial charge is 0.321 e. The number of aromatic nitrogens is 3. The van der Waals surface area contributed by atoms with Crippen LogP contribution in [0.4, 0.5) is 5.69 Å². The normalized spacial score (nSPS) is 10.7. The topological polar surface area (TPSA) is 67.8 Å². The van der Waals surface area contributed by atoms with Gasteiger partial charge in [-0.1, -0.05) is 4.49 Å². The molecule has 0 aliphatic heterocycles. The van der Waals surface area contributed by atoms with E-state index in [-0.39, 0.29) is 5.91 Å². The van der Waals surface area contributed by atoms with E-state index in [0.717, 1.165) is 27.4 Å². The summed E-state index contributed by atoms with van der Waals surface area (Å²) in [5, 5.41) is 6.64. The van der Waals surface area contributed by atoms with Crippen molar-refractivity contribution in [1.29, 1.82) is 0 Å². The van der Waals surface area contributed by atoms with E-state index in [0.29, 0.717) is 10.6 Å². The van der Waals surface area contributed by atoms with Crippen molar-refractivity contribution in [2.24, 2.45) is 0 Å². The summed E-state index contributed by atoms with van der Waals surface area (Å²) in [6.45, 7) is 1.77. The van der Waals surface area contributed by atoms with Gasteiger partial charge in [0, 0.05) is 5.69 Å². The zero-order valence-electron chi connectivity index (χ0n) is 9.38. The fourth-order valence-electron chi connectivity index (χ4n) is 1.56. The van der Waals surface area contributed by atoms with Crippen LogP contribution in [0.3, 0.4) is 0 Å². The monoisotopic (exact) mass is 276 g/mol. The third kappa shape index (κ3) is 1.98. The van der Waals surface area contributed by atoms with E-state index in [1.165, 1.54) is 0 Å². The molecule has 0 atom stereocenters. The average molecular weight is 276 g/mol. The minimum atomic E-state index is -0.183. The van der Waals surface area contributed by atoms with Gasteiger partial charge in [-0.2, -0.15) is 0 Å². The third-order valence-corrected chi connectivity index (χ3v) is 4.08. The van der Waals surface area contributed by atoms with Crippen molar-refractivity contribution in [3.05, 3.63) is 34.3 Å². The van der Waals surface area contributed by atoms with Crippen LogP contribution >= 0.6 is 22.9 Å². The Morgan fingerprint density at radius 1 is 1.39 bits per heavy atom. The molecule has 90 valence electrons. The Morgan fingerprint density at radius 2 is 2.28 bits per heavy atom. The van der Waals surface area contributed by atoms with Crippen molar-refractivity contribution in [2.75, 3.05) is 5.32 Å². The van der Waals surface area contributed by atoms with E-state index < -0.39 is 0 Å². The average Bonchev–Trinajstić information content (AvgIpc) is 2.96. The van der Waals surface area contributed by atoms with Crippen molar-refractivity contribution >= 4 is 44.7 Å². The van der Waals surface area contributed by atoms with Gasteiger partial charge in [-0.05, 0) is 36.7 Å². The second-order valence-electron chi connectivity index (χ2n) is 3.68. The van der Waals surface area contributed by atoms with Crippen LogP contribution < -0.4 is 5.32 Å². The van der Waals surface area contributed by atoms with Crippen LogP contribution in [-0.2, 0) is 0 Å². The van der Waals surface area contributed by atoms with Crippen LogP contribution in [-0.4, -0.2) is 20.5 Å². The minimum absolute atomic E-state index is 0.183. The quantitative estimate of drug-likeness (QED) is 0.781. The highest BCUT2D eigenvalue weighted by Gasteiger charge is 2.13. The van der Waals surface area contributed by atoms with Crippen molar-refractivity contribution in [3.63, 3.8) is 0 Å². The number of aryl methyl sites for hydroxylation is 1. The standard InChI is InChI=1S/C11H8N4OS2/c1-6-10(18-15-14-6)11(16)13-7-2-3-9-8(4-7)12-5-17-9/h2-5H,1H3,(H,13,16). The van der Waals surface area contributed by atoms with Gasteiger partial charge in [0.1, 0.15) is 4.88 Å². The lowest BCUT2D eigenvalue weighted by atomic mass is 10.3. The molecule has 0 fully saturated rings. The van der Waals surface area contributed by atoms with Crippen LogP contribution in [0, 0.1) is 6.92 Å². The predicted molar refractivity (Wildman–Crippen MR) is 72.2 cm³/mol. The van der Waals surface area contributed by atoms with Crippen LogP contribution in [0.25, 0.3) is 10.2 Å². The Hall–Kier alpha value is -1.86. The zero-order chi connectivity index (χ0) is 12.5. The highest BCUT2D eigenvalue weighted by Crippen LogP contribution is 2.22. The summed E-state index contributed by atoms with van der Waals surface area (Å²) in [6, 6.07) is 5.66. The van der Waals surface area contributed by atoms with Crippen molar-refractivity contribution in [3.8, 4) is 0 Å². The Labute approximate surface area is 111 Å². The van der Waals surface area contributed by atoms with Gasteiger partial charge in [-0.3, -0.25) is 4.79 Å². The molecule has 18 heavy (non-hydrogen) atoms. The third-order valence-electron chi connectivity index (χ3n) is 2.45. The lowest BCUT2D eigenvalue weighted by molar-refractivity contribution is 0.103. The molecule has 0 unspecified atom stereocenters. The van der Waals surface area contributed by atoms with Gasteiger partial charge in [0.05, 0.1) is 21.4 Å². The fraction of sp³-hybridized carbons (Fsp3) is 0.0909. The summed E-state index contributed by atoms with van der Waals surface area (Å²) in [6.07, 6.45) is 0. The highest BCUT2D eigenvalue weighted by atomic mass is 32.1. The molecule has 0 bridgehead atoms. The van der Waals surface area contributed by atoms with Gasteiger partial charge in [0.25, 0.3) is 5.91 Å². The molecule has 2 heterocycles. The molecule has 0 radical (unpaired) electrons. The first-order chi connectivity index (χ1) is 8.74. The summed E-state index contributed by atoms with van der Waals surface area (Å²) in [4.78, 5) is 16.7. The molecule has 1 amide bonds. The van der Waals surface area contributed by atoms with Crippen molar-refractivity contribution < 1.29 is 4.79 Å². The SMILES string of the molecule is Cc1nnsc1C(=O)Nc1ccc2scnc2c1. The molecule has 1 N–H and O–H groups in total. The summed E-state index contributed by atoms with van der Waals surface area (Å²) in [5.74, 6) is -0.183. The number of fused-ring (bicyclic) bond motifs is 1. The molecule has 2 aromatic heterocycles. The number of amides is 1. The number of hydrogen-bond donors (Lipinski definition) is 1. The van der Waals surface area contributed by atoms with E-state index in [4.69, 9.17) is 0 Å². The van der Waals surface area contributed by atoms with Crippen LogP contribution in [0.5, 0.6) is 0 Å². The molecule has 1 aromatic carbocycles. The van der Waals surface area contributed by atoms with Gasteiger partial charge in [-0.25, -0.2) is 4.98 Å². The molecule has 0 aliphatic rings. The van der Waals surface area contributed by atoms with E-state index in [1.807, 2.05) is 18.2 Å². The first-order valence-electron chi connectivity index (χ1n) is 5.17.